The number of sulfonamides is 1. The molecule has 190 valence electrons. The fourth-order valence-corrected chi connectivity index (χ4v) is 10.2. The van der Waals surface area contributed by atoms with Crippen LogP contribution in [0.3, 0.4) is 0 Å². The molecular formula is C28H33NO5SSi. The van der Waals surface area contributed by atoms with E-state index in [9.17, 15) is 18.3 Å². The standard InChI is InChI=1S/C28H33NO5SSi/c1-6-28(26(30)31,29-35(32,33)23-19-17-22(2)18-20-23)21-34-36(27(3,4)5,24-13-9-7-10-14-24)25-15-11-8-12-16-25/h6-20,29H,1,21H2,2-5H3,(H,30,31)/t28-/m1/s1. The summed E-state index contributed by atoms with van der Waals surface area (Å²) >= 11 is 0. The van der Waals surface area contributed by atoms with E-state index in [-0.39, 0.29) is 4.90 Å². The lowest BCUT2D eigenvalue weighted by molar-refractivity contribution is -0.143. The molecule has 3 aromatic carbocycles. The molecule has 0 aromatic heterocycles. The number of carboxylic acid groups (broad SMARTS) is 1. The molecule has 8 heteroatoms. The number of hydrogen-bond acceptors (Lipinski definition) is 4. The largest absolute Gasteiger partial charge is 0.480 e. The lowest BCUT2D eigenvalue weighted by Crippen LogP contribution is -2.69. The van der Waals surface area contributed by atoms with E-state index in [1.54, 1.807) is 12.1 Å². The van der Waals surface area contributed by atoms with Gasteiger partial charge in [-0.1, -0.05) is 105 Å². The number of aryl methyl sites for hydroxylation is 1. The molecule has 0 fully saturated rings. The van der Waals surface area contributed by atoms with Gasteiger partial charge in [-0.05, 0) is 34.5 Å². The summed E-state index contributed by atoms with van der Waals surface area (Å²) in [4.78, 5) is 12.6. The van der Waals surface area contributed by atoms with Gasteiger partial charge < -0.3 is 9.53 Å². The third-order valence-corrected chi connectivity index (χ3v) is 12.8. The molecule has 0 radical (unpaired) electrons. The van der Waals surface area contributed by atoms with Crippen LogP contribution in [-0.4, -0.2) is 40.0 Å². The van der Waals surface area contributed by atoms with Gasteiger partial charge in [0.05, 0.1) is 11.5 Å². The summed E-state index contributed by atoms with van der Waals surface area (Å²) in [5.74, 6) is -1.40. The van der Waals surface area contributed by atoms with Gasteiger partial charge >= 0.3 is 5.97 Å². The van der Waals surface area contributed by atoms with Gasteiger partial charge in [0.1, 0.15) is 0 Å². The van der Waals surface area contributed by atoms with Gasteiger partial charge in [-0.25, -0.2) is 13.2 Å². The maximum absolute atomic E-state index is 13.2. The smallest absolute Gasteiger partial charge is 0.331 e. The van der Waals surface area contributed by atoms with Crippen LogP contribution in [0.5, 0.6) is 0 Å². The first-order valence-electron chi connectivity index (χ1n) is 11.6. The van der Waals surface area contributed by atoms with Crippen molar-refractivity contribution in [3.05, 3.63) is 103 Å². The first-order valence-corrected chi connectivity index (χ1v) is 15.0. The maximum Gasteiger partial charge on any atom is 0.331 e. The minimum absolute atomic E-state index is 0.0361. The Labute approximate surface area is 214 Å². The summed E-state index contributed by atoms with van der Waals surface area (Å²) in [7, 11) is -7.32. The fourth-order valence-electron chi connectivity index (χ4n) is 4.32. The van der Waals surface area contributed by atoms with Gasteiger partial charge in [0.2, 0.25) is 10.0 Å². The van der Waals surface area contributed by atoms with Crippen molar-refractivity contribution in [3.63, 3.8) is 0 Å². The first kappa shape index (κ1) is 27.5. The highest BCUT2D eigenvalue weighted by atomic mass is 32.2. The molecule has 3 rings (SSSR count). The van der Waals surface area contributed by atoms with Gasteiger partial charge in [0.25, 0.3) is 8.32 Å². The Bertz CT molecular complexity index is 1260. The molecule has 0 aliphatic rings. The predicted molar refractivity (Wildman–Crippen MR) is 146 cm³/mol. The summed E-state index contributed by atoms with van der Waals surface area (Å²) in [6.07, 6.45) is 1.10. The topological polar surface area (TPSA) is 92.7 Å². The first-order chi connectivity index (χ1) is 16.9. The van der Waals surface area contributed by atoms with Crippen LogP contribution in [0.15, 0.2) is 102 Å². The Hall–Kier alpha value is -3.04. The highest BCUT2D eigenvalue weighted by Crippen LogP contribution is 2.37. The Morgan fingerprint density at radius 1 is 0.944 bits per heavy atom. The number of benzene rings is 3. The van der Waals surface area contributed by atoms with Crippen molar-refractivity contribution < 1.29 is 22.7 Å². The summed E-state index contributed by atoms with van der Waals surface area (Å²) in [6, 6.07) is 25.7. The van der Waals surface area contributed by atoms with E-state index in [1.807, 2.05) is 67.6 Å². The molecule has 0 spiro atoms. The van der Waals surface area contributed by atoms with E-state index in [4.69, 9.17) is 4.43 Å². The number of carboxylic acids is 1. The van der Waals surface area contributed by atoms with Crippen LogP contribution < -0.4 is 15.1 Å². The zero-order valence-corrected chi connectivity index (χ0v) is 22.9. The summed E-state index contributed by atoms with van der Waals surface area (Å²) in [6.45, 7) is 11.3. The normalized spacial score (nSPS) is 14.1. The van der Waals surface area contributed by atoms with Crippen molar-refractivity contribution in [3.8, 4) is 0 Å². The molecule has 0 unspecified atom stereocenters. The average molecular weight is 524 g/mol. The van der Waals surface area contributed by atoms with Crippen molar-refractivity contribution in [2.75, 3.05) is 6.61 Å². The number of rotatable bonds is 10. The third kappa shape index (κ3) is 5.37. The summed E-state index contributed by atoms with van der Waals surface area (Å²) < 4.78 is 35.6. The van der Waals surface area contributed by atoms with Gasteiger partial charge in [-0.15, -0.1) is 6.58 Å². The lowest BCUT2D eigenvalue weighted by Gasteiger charge is -2.44. The minimum Gasteiger partial charge on any atom is -0.480 e. The number of aliphatic carboxylic acids is 1. The minimum atomic E-state index is -4.19. The SMILES string of the molecule is C=C[C@](CO[Si](c1ccccc1)(c1ccccc1)C(C)(C)C)(NS(=O)(=O)c1ccc(C)cc1)C(=O)O. The highest BCUT2D eigenvalue weighted by molar-refractivity contribution is 7.89. The van der Waals surface area contributed by atoms with Crippen LogP contribution in [0.25, 0.3) is 0 Å². The second-order valence-corrected chi connectivity index (χ2v) is 15.8. The molecule has 0 aliphatic carbocycles. The summed E-state index contributed by atoms with van der Waals surface area (Å²) in [5.41, 5.74) is -1.20. The lowest BCUT2D eigenvalue weighted by atomic mass is 10.0. The number of carbonyl (C=O) groups is 1. The molecule has 0 saturated heterocycles. The molecule has 0 saturated carbocycles. The Morgan fingerprint density at radius 2 is 1.42 bits per heavy atom. The Kier molecular flexibility index (Phi) is 8.05. The molecule has 36 heavy (non-hydrogen) atoms. The summed E-state index contributed by atoms with van der Waals surface area (Å²) in [5, 5.41) is 11.7. The van der Waals surface area contributed by atoms with Gasteiger partial charge in [-0.3, -0.25) is 0 Å². The number of nitrogens with one attached hydrogen (secondary N) is 1. The highest BCUT2D eigenvalue weighted by Gasteiger charge is 2.52. The molecule has 2 N–H and O–H groups in total. The molecule has 3 aromatic rings. The molecule has 0 aliphatic heterocycles. The fraction of sp³-hybridized carbons (Fsp3) is 0.250. The molecule has 6 nitrogen and oxygen atoms in total. The van der Waals surface area contributed by atoms with E-state index in [0.717, 1.165) is 22.0 Å². The van der Waals surface area contributed by atoms with Crippen molar-refractivity contribution in [1.82, 2.24) is 4.72 Å². The van der Waals surface area contributed by atoms with E-state index in [2.05, 4.69) is 32.1 Å². The van der Waals surface area contributed by atoms with Crippen LogP contribution in [0.1, 0.15) is 26.3 Å². The molecule has 0 heterocycles. The molecule has 1 atom stereocenters. The monoisotopic (exact) mass is 523 g/mol. The zero-order valence-electron chi connectivity index (χ0n) is 21.1. The van der Waals surface area contributed by atoms with Gasteiger partial charge in [0.15, 0.2) is 5.54 Å². The van der Waals surface area contributed by atoms with Crippen LogP contribution in [0, 0.1) is 6.92 Å². The molecule has 0 amide bonds. The van der Waals surface area contributed by atoms with Crippen molar-refractivity contribution >= 4 is 34.7 Å². The predicted octanol–water partition coefficient (Wildman–Crippen LogP) is 3.86. The second kappa shape index (κ2) is 10.5. The van der Waals surface area contributed by atoms with Crippen molar-refractivity contribution in [2.45, 2.75) is 43.2 Å². The second-order valence-electron chi connectivity index (χ2n) is 9.85. The van der Waals surface area contributed by atoms with Crippen molar-refractivity contribution in [1.29, 1.82) is 0 Å². The number of hydrogen-bond donors (Lipinski definition) is 2. The van der Waals surface area contributed by atoms with E-state index in [1.165, 1.54) is 12.1 Å². The zero-order chi connectivity index (χ0) is 26.6. The quantitative estimate of drug-likeness (QED) is 0.311. The molecule has 0 bridgehead atoms. The Balaban J connectivity index is 2.12. The van der Waals surface area contributed by atoms with E-state index >= 15 is 0 Å². The van der Waals surface area contributed by atoms with E-state index in [0.29, 0.717) is 0 Å². The van der Waals surface area contributed by atoms with Crippen LogP contribution in [0.2, 0.25) is 5.04 Å². The van der Waals surface area contributed by atoms with Crippen molar-refractivity contribution in [2.24, 2.45) is 0 Å². The third-order valence-electron chi connectivity index (χ3n) is 6.31. The van der Waals surface area contributed by atoms with Gasteiger partial charge in [-0.2, -0.15) is 4.72 Å². The van der Waals surface area contributed by atoms with Gasteiger partial charge in [0, 0.05) is 0 Å². The average Bonchev–Trinajstić information content (AvgIpc) is 2.84. The van der Waals surface area contributed by atoms with E-state index < -0.39 is 41.5 Å². The molecular weight excluding hydrogens is 490 g/mol. The van der Waals surface area contributed by atoms with Crippen LogP contribution in [-0.2, 0) is 19.2 Å². The van der Waals surface area contributed by atoms with Crippen LogP contribution >= 0.6 is 0 Å². The Morgan fingerprint density at radius 3 is 1.81 bits per heavy atom. The maximum atomic E-state index is 13.2. The van der Waals surface area contributed by atoms with Crippen LogP contribution in [0.4, 0.5) is 0 Å².